The molecule has 2 N–H and O–H groups in total. The molecule has 0 heterocycles. The van der Waals surface area contributed by atoms with Crippen molar-refractivity contribution < 1.29 is 56.2 Å². The van der Waals surface area contributed by atoms with E-state index in [1.807, 2.05) is 20.8 Å². The van der Waals surface area contributed by atoms with Gasteiger partial charge in [-0.1, -0.05) is 17.7 Å². The molecule has 0 aliphatic rings. The number of carbonyl (C=O) groups excluding carboxylic acids is 4. The lowest BCUT2D eigenvalue weighted by Crippen LogP contribution is -2.42. The molecule has 276 valence electrons. The van der Waals surface area contributed by atoms with Crippen LogP contribution < -0.4 is 20.1 Å². The second-order valence-corrected chi connectivity index (χ2v) is 12.0. The third-order valence-electron chi connectivity index (χ3n) is 5.95. The topological polar surface area (TPSA) is 176 Å². The Hall–Kier alpha value is -5.58. The SMILES string of the molecule is CCOC(=O)C(C)OC(=O)c1cc(Oc2ccc(C(F)(F)F)cc2Cl)ccc1[N+](=O)[O-].CN(C)C(=O)Nc1cccc(OC(=O)NC(C)(C)C)c1. The molecule has 0 spiro atoms. The second kappa shape index (κ2) is 17.9. The zero-order valence-corrected chi connectivity index (χ0v) is 29.3. The average Bonchev–Trinajstić information content (AvgIpc) is 3.01. The van der Waals surface area contributed by atoms with Crippen molar-refractivity contribution in [1.82, 2.24) is 10.2 Å². The quantitative estimate of drug-likeness (QED) is 0.125. The first-order valence-electron chi connectivity index (χ1n) is 14.9. The van der Waals surface area contributed by atoms with Gasteiger partial charge < -0.3 is 34.5 Å². The molecule has 14 nitrogen and oxygen atoms in total. The molecule has 1 atom stereocenters. The maximum atomic E-state index is 12.8. The molecule has 0 aliphatic carbocycles. The number of rotatable bonds is 9. The minimum Gasteiger partial charge on any atom is -0.463 e. The number of nitro benzene ring substituents is 1. The second-order valence-electron chi connectivity index (χ2n) is 11.6. The predicted octanol–water partition coefficient (Wildman–Crippen LogP) is 7.83. The smallest absolute Gasteiger partial charge is 0.416 e. The molecule has 3 amide bonds. The first kappa shape index (κ1) is 41.6. The van der Waals surface area contributed by atoms with Crippen molar-refractivity contribution in [2.45, 2.75) is 52.4 Å². The Morgan fingerprint density at radius 2 is 1.65 bits per heavy atom. The van der Waals surface area contributed by atoms with Crippen molar-refractivity contribution in [2.24, 2.45) is 0 Å². The number of ether oxygens (including phenoxy) is 4. The highest BCUT2D eigenvalue weighted by Crippen LogP contribution is 2.37. The fourth-order valence-electron chi connectivity index (χ4n) is 3.63. The highest BCUT2D eigenvalue weighted by Gasteiger charge is 2.31. The number of carbonyl (C=O) groups is 4. The summed E-state index contributed by atoms with van der Waals surface area (Å²) >= 11 is 5.83. The lowest BCUT2D eigenvalue weighted by molar-refractivity contribution is -0.385. The van der Waals surface area contributed by atoms with Crippen LogP contribution in [0.25, 0.3) is 0 Å². The number of amides is 3. The van der Waals surface area contributed by atoms with Crippen LogP contribution in [0.2, 0.25) is 5.02 Å². The van der Waals surface area contributed by atoms with Gasteiger partial charge in [0.15, 0.2) is 6.10 Å². The summed E-state index contributed by atoms with van der Waals surface area (Å²) in [5.41, 5.74) is -1.97. The van der Waals surface area contributed by atoms with Gasteiger partial charge in [0.05, 0.1) is 22.1 Å². The van der Waals surface area contributed by atoms with Crippen LogP contribution in [0.1, 0.15) is 50.5 Å². The number of urea groups is 1. The summed E-state index contributed by atoms with van der Waals surface area (Å²) in [5, 5.41) is 16.2. The molecule has 18 heteroatoms. The maximum Gasteiger partial charge on any atom is 0.416 e. The maximum absolute atomic E-state index is 12.8. The molecule has 0 radical (unpaired) electrons. The van der Waals surface area contributed by atoms with Crippen LogP contribution in [0.15, 0.2) is 60.7 Å². The third kappa shape index (κ3) is 13.7. The van der Waals surface area contributed by atoms with Crippen LogP contribution in [0.5, 0.6) is 17.2 Å². The van der Waals surface area contributed by atoms with Crippen molar-refractivity contribution in [3.8, 4) is 17.2 Å². The number of alkyl halides is 3. The zero-order chi connectivity index (χ0) is 38.7. The van der Waals surface area contributed by atoms with Crippen LogP contribution in [0.3, 0.4) is 0 Å². The first-order chi connectivity index (χ1) is 23.6. The summed E-state index contributed by atoms with van der Waals surface area (Å²) in [4.78, 5) is 59.0. The van der Waals surface area contributed by atoms with Gasteiger partial charge in [-0.05, 0) is 71.0 Å². The van der Waals surface area contributed by atoms with Crippen LogP contribution in [-0.2, 0) is 20.4 Å². The van der Waals surface area contributed by atoms with E-state index in [4.69, 9.17) is 30.5 Å². The van der Waals surface area contributed by atoms with Gasteiger partial charge in [0.2, 0.25) is 0 Å². The number of nitrogens with one attached hydrogen (secondary N) is 2. The molecule has 0 aliphatic heterocycles. The molecule has 0 fully saturated rings. The van der Waals surface area contributed by atoms with Crippen LogP contribution in [0.4, 0.5) is 34.1 Å². The summed E-state index contributed by atoms with van der Waals surface area (Å²) in [5.74, 6) is -1.99. The number of hydrogen-bond acceptors (Lipinski definition) is 10. The molecule has 0 saturated carbocycles. The Labute approximate surface area is 295 Å². The van der Waals surface area contributed by atoms with E-state index in [0.717, 1.165) is 30.3 Å². The normalized spacial score (nSPS) is 11.5. The summed E-state index contributed by atoms with van der Waals surface area (Å²) in [6.45, 7) is 8.40. The fraction of sp³-hybridized carbons (Fsp3) is 0.333. The molecular formula is C33H36ClF3N4O10. The van der Waals surface area contributed by atoms with Gasteiger partial charge in [0.25, 0.3) is 5.69 Å². The van der Waals surface area contributed by atoms with Crippen LogP contribution in [0, 0.1) is 10.1 Å². The number of halogens is 4. The lowest BCUT2D eigenvalue weighted by atomic mass is 10.1. The Balaban J connectivity index is 0.000000389. The van der Waals surface area contributed by atoms with Gasteiger partial charge in [-0.3, -0.25) is 10.1 Å². The first-order valence-corrected chi connectivity index (χ1v) is 15.3. The predicted molar refractivity (Wildman–Crippen MR) is 179 cm³/mol. The van der Waals surface area contributed by atoms with E-state index < -0.39 is 52.0 Å². The Bertz CT molecular complexity index is 1750. The van der Waals surface area contributed by atoms with Crippen molar-refractivity contribution >= 4 is 47.0 Å². The van der Waals surface area contributed by atoms with Crippen LogP contribution in [-0.4, -0.2) is 66.2 Å². The molecule has 0 bridgehead atoms. The number of nitrogens with zero attached hydrogens (tertiary/aromatic N) is 2. The van der Waals surface area contributed by atoms with E-state index in [9.17, 15) is 42.5 Å². The Kier molecular flexibility index (Phi) is 14.6. The van der Waals surface area contributed by atoms with E-state index in [1.165, 1.54) is 11.8 Å². The van der Waals surface area contributed by atoms with Crippen molar-refractivity contribution in [3.05, 3.63) is 86.9 Å². The van der Waals surface area contributed by atoms with E-state index in [0.29, 0.717) is 17.5 Å². The standard InChI is InChI=1S/C19H15ClF3NO7.C14H21N3O3/c1-3-29-17(25)10(2)30-18(26)13-9-12(5-6-15(13)24(27)28)31-16-7-4-11(8-14(16)20)19(21,22)23;1-14(2,3)16-13(19)20-11-8-6-7-10(9-11)15-12(18)17(4)5/h4-10H,3H2,1-2H3;6-9H,1-5H3,(H,15,18)(H,16,19). The minimum atomic E-state index is -4.61. The Morgan fingerprint density at radius 3 is 2.20 bits per heavy atom. The highest BCUT2D eigenvalue weighted by atomic mass is 35.5. The molecular weight excluding hydrogens is 705 g/mol. The van der Waals surface area contributed by atoms with E-state index in [-0.39, 0.29) is 34.7 Å². The molecule has 3 rings (SSSR count). The number of anilines is 1. The molecule has 0 aromatic heterocycles. The molecule has 0 saturated heterocycles. The number of benzene rings is 3. The number of esters is 2. The van der Waals surface area contributed by atoms with Gasteiger partial charge in [-0.25, -0.2) is 19.2 Å². The van der Waals surface area contributed by atoms with Crippen molar-refractivity contribution in [1.29, 1.82) is 0 Å². The third-order valence-corrected chi connectivity index (χ3v) is 6.25. The molecule has 1 unspecified atom stereocenters. The van der Waals surface area contributed by atoms with Crippen molar-refractivity contribution in [2.75, 3.05) is 26.0 Å². The summed E-state index contributed by atoms with van der Waals surface area (Å²) in [6, 6.07) is 11.8. The van der Waals surface area contributed by atoms with Gasteiger partial charge in [0, 0.05) is 43.5 Å². The van der Waals surface area contributed by atoms with E-state index in [1.54, 1.807) is 45.3 Å². The highest BCUT2D eigenvalue weighted by molar-refractivity contribution is 6.32. The minimum absolute atomic E-state index is 0.0398. The molecule has 51 heavy (non-hydrogen) atoms. The Morgan fingerprint density at radius 1 is 0.980 bits per heavy atom. The van der Waals surface area contributed by atoms with Crippen molar-refractivity contribution in [3.63, 3.8) is 0 Å². The molecule has 3 aromatic carbocycles. The van der Waals surface area contributed by atoms with Gasteiger partial charge in [-0.2, -0.15) is 13.2 Å². The summed E-state index contributed by atoms with van der Waals surface area (Å²) in [6.07, 6.45) is -6.48. The summed E-state index contributed by atoms with van der Waals surface area (Å²) in [7, 11) is 3.29. The van der Waals surface area contributed by atoms with E-state index in [2.05, 4.69) is 10.6 Å². The van der Waals surface area contributed by atoms with E-state index >= 15 is 0 Å². The molecule has 3 aromatic rings. The van der Waals surface area contributed by atoms with Gasteiger partial charge in [0.1, 0.15) is 22.8 Å². The van der Waals surface area contributed by atoms with Crippen LogP contribution >= 0.6 is 11.6 Å². The number of nitro groups is 1. The zero-order valence-electron chi connectivity index (χ0n) is 28.5. The average molecular weight is 741 g/mol. The van der Waals surface area contributed by atoms with Gasteiger partial charge >= 0.3 is 30.2 Å². The lowest BCUT2D eigenvalue weighted by Gasteiger charge is -2.20. The number of hydrogen-bond donors (Lipinski definition) is 2. The largest absolute Gasteiger partial charge is 0.463 e. The fourth-order valence-corrected chi connectivity index (χ4v) is 3.85. The monoisotopic (exact) mass is 740 g/mol. The van der Waals surface area contributed by atoms with Gasteiger partial charge in [-0.15, -0.1) is 0 Å². The summed E-state index contributed by atoms with van der Waals surface area (Å²) < 4.78 is 58.4.